The van der Waals surface area contributed by atoms with Crippen molar-refractivity contribution in [2.24, 2.45) is 17.2 Å². The topological polar surface area (TPSA) is 220 Å². The van der Waals surface area contributed by atoms with Crippen molar-refractivity contribution in [3.05, 3.63) is 0 Å². The van der Waals surface area contributed by atoms with Gasteiger partial charge in [0.2, 0.25) is 23.6 Å². The van der Waals surface area contributed by atoms with Crippen LogP contribution in [0.1, 0.15) is 32.6 Å². The van der Waals surface area contributed by atoms with Crippen LogP contribution in [0.3, 0.4) is 0 Å². The van der Waals surface area contributed by atoms with Gasteiger partial charge >= 0.3 is 5.97 Å². The predicted molar refractivity (Wildman–Crippen MR) is 94.9 cm³/mol. The van der Waals surface area contributed by atoms with Crippen molar-refractivity contribution < 1.29 is 29.1 Å². The number of hydrogen-bond acceptors (Lipinski definition) is 7. The van der Waals surface area contributed by atoms with Gasteiger partial charge in [0.25, 0.3) is 0 Å². The lowest BCUT2D eigenvalue weighted by Crippen LogP contribution is -2.56. The van der Waals surface area contributed by atoms with Gasteiger partial charge in [0.1, 0.15) is 18.6 Å². The average molecular weight is 388 g/mol. The molecule has 0 spiro atoms. The van der Waals surface area contributed by atoms with Gasteiger partial charge in [-0.05, 0) is 32.7 Å². The van der Waals surface area contributed by atoms with Gasteiger partial charge in [0, 0.05) is 0 Å². The van der Waals surface area contributed by atoms with E-state index in [1.54, 1.807) is 0 Å². The van der Waals surface area contributed by atoms with Crippen molar-refractivity contribution in [2.45, 2.75) is 50.7 Å². The quantitative estimate of drug-likeness (QED) is 0.156. The highest BCUT2D eigenvalue weighted by Gasteiger charge is 2.28. The standard InChI is InChI=1S/C15H28N6O6/c1-8(17)13(25)21-10(6-11(18)22)15(27)20-9(4-2-3-5-16)14(26)19-7-12(23)24/h8-10H,2-7,16-17H2,1H3,(H2,18,22)(H,19,26)(H,20,27)(H,21,25)(H,23,24). The zero-order chi connectivity index (χ0) is 21.0. The Morgan fingerprint density at radius 1 is 0.963 bits per heavy atom. The Bertz CT molecular complexity index is 553. The third-order valence-corrected chi connectivity index (χ3v) is 3.45. The van der Waals surface area contributed by atoms with Crippen molar-refractivity contribution >= 4 is 29.6 Å². The van der Waals surface area contributed by atoms with Crippen LogP contribution in [-0.2, 0) is 24.0 Å². The molecule has 0 rings (SSSR count). The second-order valence-electron chi connectivity index (χ2n) is 5.98. The molecule has 154 valence electrons. The van der Waals surface area contributed by atoms with Gasteiger partial charge < -0.3 is 38.3 Å². The Hall–Kier alpha value is -2.73. The van der Waals surface area contributed by atoms with Crippen LogP contribution >= 0.6 is 0 Å². The largest absolute Gasteiger partial charge is 0.480 e. The molecule has 3 atom stereocenters. The Morgan fingerprint density at radius 3 is 2.04 bits per heavy atom. The lowest BCUT2D eigenvalue weighted by Gasteiger charge is -2.23. The average Bonchev–Trinajstić information content (AvgIpc) is 2.57. The molecule has 10 N–H and O–H groups in total. The van der Waals surface area contributed by atoms with Gasteiger partial charge in [-0.2, -0.15) is 0 Å². The number of carbonyl (C=O) groups is 5. The number of amides is 4. The first-order valence-electron chi connectivity index (χ1n) is 8.42. The summed E-state index contributed by atoms with van der Waals surface area (Å²) in [6.07, 6.45) is 0.787. The molecule has 0 aliphatic carbocycles. The molecule has 0 saturated carbocycles. The van der Waals surface area contributed by atoms with Crippen LogP contribution in [0.2, 0.25) is 0 Å². The number of carboxylic acids is 1. The maximum absolute atomic E-state index is 12.4. The summed E-state index contributed by atoms with van der Waals surface area (Å²) >= 11 is 0. The zero-order valence-electron chi connectivity index (χ0n) is 15.2. The van der Waals surface area contributed by atoms with Crippen LogP contribution in [0.5, 0.6) is 0 Å². The molecule has 3 unspecified atom stereocenters. The first-order chi connectivity index (χ1) is 12.6. The van der Waals surface area contributed by atoms with E-state index in [2.05, 4.69) is 16.0 Å². The Labute approximate surface area is 156 Å². The number of carboxylic acid groups (broad SMARTS) is 1. The van der Waals surface area contributed by atoms with E-state index in [4.69, 9.17) is 22.3 Å². The number of hydrogen-bond donors (Lipinski definition) is 7. The van der Waals surface area contributed by atoms with Gasteiger partial charge in [0.15, 0.2) is 0 Å². The summed E-state index contributed by atoms with van der Waals surface area (Å²) in [5.41, 5.74) is 15.9. The van der Waals surface area contributed by atoms with E-state index in [9.17, 15) is 24.0 Å². The van der Waals surface area contributed by atoms with E-state index in [-0.39, 0.29) is 6.42 Å². The number of carbonyl (C=O) groups excluding carboxylic acids is 4. The highest BCUT2D eigenvalue weighted by atomic mass is 16.4. The summed E-state index contributed by atoms with van der Waals surface area (Å²) < 4.78 is 0. The monoisotopic (exact) mass is 388 g/mol. The van der Waals surface area contributed by atoms with E-state index < -0.39 is 60.7 Å². The summed E-state index contributed by atoms with van der Waals surface area (Å²) in [6, 6.07) is -3.30. The molecule has 0 fully saturated rings. The number of aliphatic carboxylic acids is 1. The minimum Gasteiger partial charge on any atom is -0.480 e. The first kappa shape index (κ1) is 24.3. The lowest BCUT2D eigenvalue weighted by molar-refractivity contribution is -0.138. The van der Waals surface area contributed by atoms with Gasteiger partial charge in [-0.3, -0.25) is 24.0 Å². The molecule has 0 saturated heterocycles. The minimum absolute atomic E-state index is 0.193. The highest BCUT2D eigenvalue weighted by molar-refractivity contribution is 5.95. The van der Waals surface area contributed by atoms with Gasteiger partial charge in [-0.1, -0.05) is 0 Å². The van der Waals surface area contributed by atoms with Gasteiger partial charge in [-0.25, -0.2) is 0 Å². The van der Waals surface area contributed by atoms with Crippen LogP contribution in [0.25, 0.3) is 0 Å². The normalized spacial score (nSPS) is 13.7. The lowest BCUT2D eigenvalue weighted by atomic mass is 10.1. The van der Waals surface area contributed by atoms with Crippen LogP contribution in [-0.4, -0.2) is 65.9 Å². The van der Waals surface area contributed by atoms with E-state index in [1.165, 1.54) is 6.92 Å². The molecule has 0 aliphatic rings. The van der Waals surface area contributed by atoms with Crippen LogP contribution in [0.4, 0.5) is 0 Å². The Morgan fingerprint density at radius 2 is 1.56 bits per heavy atom. The fourth-order valence-electron chi connectivity index (χ4n) is 2.03. The summed E-state index contributed by atoms with van der Waals surface area (Å²) in [5, 5.41) is 15.5. The van der Waals surface area contributed by atoms with Crippen LogP contribution in [0, 0.1) is 0 Å². The Balaban J connectivity index is 5.13. The van der Waals surface area contributed by atoms with Crippen LogP contribution in [0.15, 0.2) is 0 Å². The molecular formula is C15H28N6O6. The van der Waals surface area contributed by atoms with Crippen molar-refractivity contribution in [3.63, 3.8) is 0 Å². The van der Waals surface area contributed by atoms with Crippen molar-refractivity contribution in [2.75, 3.05) is 13.1 Å². The van der Waals surface area contributed by atoms with E-state index in [0.717, 1.165) is 0 Å². The zero-order valence-corrected chi connectivity index (χ0v) is 15.2. The molecule has 12 nitrogen and oxygen atoms in total. The summed E-state index contributed by atoms with van der Waals surface area (Å²) in [5.74, 6) is -4.28. The molecule has 4 amide bonds. The molecule has 0 radical (unpaired) electrons. The molecule has 0 aromatic carbocycles. The number of primary amides is 1. The molecule has 27 heavy (non-hydrogen) atoms. The summed E-state index contributed by atoms with van der Waals surface area (Å²) in [7, 11) is 0. The SMILES string of the molecule is CC(N)C(=O)NC(CC(N)=O)C(=O)NC(CCCCN)C(=O)NCC(=O)O. The summed E-state index contributed by atoms with van der Waals surface area (Å²) in [6.45, 7) is 1.16. The maximum Gasteiger partial charge on any atom is 0.322 e. The van der Waals surface area contributed by atoms with Gasteiger partial charge in [0.05, 0.1) is 12.5 Å². The molecule has 0 bridgehead atoms. The number of nitrogens with two attached hydrogens (primary N) is 3. The third-order valence-electron chi connectivity index (χ3n) is 3.45. The molecule has 0 heterocycles. The first-order valence-corrected chi connectivity index (χ1v) is 8.42. The minimum atomic E-state index is -1.31. The molecule has 0 aromatic heterocycles. The fraction of sp³-hybridized carbons (Fsp3) is 0.667. The molecule has 0 aromatic rings. The maximum atomic E-state index is 12.4. The van der Waals surface area contributed by atoms with Gasteiger partial charge in [-0.15, -0.1) is 0 Å². The van der Waals surface area contributed by atoms with E-state index >= 15 is 0 Å². The third kappa shape index (κ3) is 10.8. The summed E-state index contributed by atoms with van der Waals surface area (Å²) in [4.78, 5) is 58.0. The highest BCUT2D eigenvalue weighted by Crippen LogP contribution is 2.03. The molecule has 0 aliphatic heterocycles. The Kier molecular flexibility index (Phi) is 11.3. The number of nitrogens with one attached hydrogen (secondary N) is 3. The smallest absolute Gasteiger partial charge is 0.322 e. The molecular weight excluding hydrogens is 360 g/mol. The van der Waals surface area contributed by atoms with E-state index in [1.807, 2.05) is 0 Å². The number of rotatable bonds is 13. The second kappa shape index (κ2) is 12.6. The fourth-order valence-corrected chi connectivity index (χ4v) is 2.03. The van der Waals surface area contributed by atoms with Crippen molar-refractivity contribution in [3.8, 4) is 0 Å². The molecule has 12 heteroatoms. The second-order valence-corrected chi connectivity index (χ2v) is 5.98. The van der Waals surface area contributed by atoms with Crippen molar-refractivity contribution in [1.29, 1.82) is 0 Å². The van der Waals surface area contributed by atoms with Crippen LogP contribution < -0.4 is 33.2 Å². The number of unbranched alkanes of at least 4 members (excludes halogenated alkanes) is 1. The van der Waals surface area contributed by atoms with E-state index in [0.29, 0.717) is 19.4 Å². The van der Waals surface area contributed by atoms with Crippen molar-refractivity contribution in [1.82, 2.24) is 16.0 Å². The predicted octanol–water partition coefficient (Wildman–Crippen LogP) is -3.49.